The predicted molar refractivity (Wildman–Crippen MR) is 97.8 cm³/mol. The van der Waals surface area contributed by atoms with Crippen molar-refractivity contribution in [1.82, 2.24) is 10.2 Å². The van der Waals surface area contributed by atoms with Crippen LogP contribution in [-0.4, -0.2) is 31.1 Å². The smallest absolute Gasteiger partial charge is 0.0377 e. The molecule has 21 heavy (non-hydrogen) atoms. The second kappa shape index (κ2) is 9.36. The lowest BCUT2D eigenvalue weighted by atomic mass is 9.90. The molecule has 1 aromatic carbocycles. The summed E-state index contributed by atoms with van der Waals surface area (Å²) in [5.41, 5.74) is 1.50. The summed E-state index contributed by atoms with van der Waals surface area (Å²) >= 11 is 3.63. The van der Waals surface area contributed by atoms with Crippen LogP contribution in [0.2, 0.25) is 0 Å². The summed E-state index contributed by atoms with van der Waals surface area (Å²) in [5, 5.41) is 3.47. The number of halogens is 3. The van der Waals surface area contributed by atoms with Crippen molar-refractivity contribution >= 4 is 40.7 Å². The number of benzene rings is 1. The number of hydrogen-bond acceptors (Lipinski definition) is 2. The van der Waals surface area contributed by atoms with Crippen LogP contribution in [0.5, 0.6) is 0 Å². The number of piperazine rings is 1. The molecule has 1 aliphatic carbocycles. The number of rotatable bonds is 3. The van der Waals surface area contributed by atoms with E-state index in [2.05, 4.69) is 50.4 Å². The zero-order valence-electron chi connectivity index (χ0n) is 12.3. The minimum atomic E-state index is 0. The van der Waals surface area contributed by atoms with Gasteiger partial charge in [0.2, 0.25) is 0 Å². The average Bonchev–Trinajstić information content (AvgIpc) is 2.94. The predicted octanol–water partition coefficient (Wildman–Crippen LogP) is 4.43. The molecule has 0 bridgehead atoms. The van der Waals surface area contributed by atoms with Gasteiger partial charge in [0.1, 0.15) is 0 Å². The van der Waals surface area contributed by atoms with E-state index in [1.165, 1.54) is 48.8 Å². The van der Waals surface area contributed by atoms with Crippen LogP contribution in [0, 0.1) is 5.92 Å². The van der Waals surface area contributed by atoms with E-state index in [1.54, 1.807) is 0 Å². The fourth-order valence-electron chi connectivity index (χ4n) is 3.71. The number of nitrogens with one attached hydrogen (secondary N) is 1. The third-order valence-electron chi connectivity index (χ3n) is 4.58. The van der Waals surface area contributed by atoms with Gasteiger partial charge in [-0.25, -0.2) is 0 Å². The SMILES string of the molecule is Brc1cccc([C@@H](C2CCCC2)N2CCNCC2)c1.Cl.Cl. The maximum absolute atomic E-state index is 3.63. The van der Waals surface area contributed by atoms with Gasteiger partial charge in [-0.05, 0) is 36.5 Å². The highest BCUT2D eigenvalue weighted by atomic mass is 79.9. The van der Waals surface area contributed by atoms with E-state index in [1.807, 2.05) is 0 Å². The first-order valence-corrected chi connectivity index (χ1v) is 8.34. The van der Waals surface area contributed by atoms with Crippen molar-refractivity contribution < 1.29 is 0 Å². The maximum atomic E-state index is 3.63. The second-order valence-electron chi connectivity index (χ2n) is 5.83. The molecular formula is C16H25BrCl2N2. The largest absolute Gasteiger partial charge is 0.314 e. The maximum Gasteiger partial charge on any atom is 0.0377 e. The van der Waals surface area contributed by atoms with E-state index in [0.29, 0.717) is 6.04 Å². The standard InChI is InChI=1S/C16H23BrN2.2ClH/c17-15-7-3-6-14(12-15)16(13-4-1-2-5-13)19-10-8-18-9-11-19;;/h3,6-7,12-13,16,18H,1-2,4-5,8-11H2;2*1H/t16-;;/m1../s1. The van der Waals surface area contributed by atoms with Crippen molar-refractivity contribution in [3.8, 4) is 0 Å². The van der Waals surface area contributed by atoms with Gasteiger partial charge in [0.05, 0.1) is 0 Å². The van der Waals surface area contributed by atoms with E-state index in [9.17, 15) is 0 Å². The Morgan fingerprint density at radius 2 is 1.76 bits per heavy atom. The van der Waals surface area contributed by atoms with Gasteiger partial charge in [0.25, 0.3) is 0 Å². The van der Waals surface area contributed by atoms with Crippen LogP contribution >= 0.6 is 40.7 Å². The summed E-state index contributed by atoms with van der Waals surface area (Å²) in [6.07, 6.45) is 5.64. The Morgan fingerprint density at radius 3 is 2.38 bits per heavy atom. The Hall–Kier alpha value is 0.200. The molecule has 1 heterocycles. The van der Waals surface area contributed by atoms with Crippen LogP contribution in [0.15, 0.2) is 28.7 Å². The third-order valence-corrected chi connectivity index (χ3v) is 5.07. The summed E-state index contributed by atoms with van der Waals surface area (Å²) in [6, 6.07) is 9.58. The lowest BCUT2D eigenvalue weighted by Crippen LogP contribution is -2.46. The molecule has 3 rings (SSSR count). The van der Waals surface area contributed by atoms with E-state index in [-0.39, 0.29) is 24.8 Å². The molecule has 0 radical (unpaired) electrons. The Kier molecular flexibility index (Phi) is 8.58. The van der Waals surface area contributed by atoms with Gasteiger partial charge in [0.15, 0.2) is 0 Å². The molecule has 1 saturated carbocycles. The quantitative estimate of drug-likeness (QED) is 0.814. The summed E-state index contributed by atoms with van der Waals surface area (Å²) in [4.78, 5) is 2.70. The molecule has 2 nitrogen and oxygen atoms in total. The highest BCUT2D eigenvalue weighted by molar-refractivity contribution is 9.10. The number of hydrogen-bond donors (Lipinski definition) is 1. The van der Waals surface area contributed by atoms with Crippen LogP contribution in [-0.2, 0) is 0 Å². The molecule has 120 valence electrons. The van der Waals surface area contributed by atoms with Crippen LogP contribution in [0.3, 0.4) is 0 Å². The fourth-order valence-corrected chi connectivity index (χ4v) is 4.12. The van der Waals surface area contributed by atoms with Crippen molar-refractivity contribution in [2.24, 2.45) is 5.92 Å². The van der Waals surface area contributed by atoms with Crippen LogP contribution in [0.1, 0.15) is 37.3 Å². The molecule has 0 amide bonds. The normalized spacial score (nSPS) is 21.4. The lowest BCUT2D eigenvalue weighted by Gasteiger charge is -2.38. The zero-order valence-corrected chi connectivity index (χ0v) is 15.5. The molecule has 1 aromatic rings. The van der Waals surface area contributed by atoms with Gasteiger partial charge >= 0.3 is 0 Å². The minimum Gasteiger partial charge on any atom is -0.314 e. The highest BCUT2D eigenvalue weighted by Gasteiger charge is 2.31. The van der Waals surface area contributed by atoms with Crippen molar-refractivity contribution in [2.75, 3.05) is 26.2 Å². The molecule has 1 atom stereocenters. The first-order valence-electron chi connectivity index (χ1n) is 7.55. The molecule has 1 aliphatic heterocycles. The first-order chi connectivity index (χ1) is 9.34. The van der Waals surface area contributed by atoms with Gasteiger partial charge in [-0.2, -0.15) is 0 Å². The molecule has 0 spiro atoms. The van der Waals surface area contributed by atoms with Crippen molar-refractivity contribution in [3.63, 3.8) is 0 Å². The molecule has 0 unspecified atom stereocenters. The topological polar surface area (TPSA) is 15.3 Å². The Morgan fingerprint density at radius 1 is 1.10 bits per heavy atom. The first kappa shape index (κ1) is 19.2. The number of nitrogens with zero attached hydrogens (tertiary/aromatic N) is 1. The molecule has 2 fully saturated rings. The van der Waals surface area contributed by atoms with E-state index >= 15 is 0 Å². The van der Waals surface area contributed by atoms with Crippen LogP contribution < -0.4 is 5.32 Å². The summed E-state index contributed by atoms with van der Waals surface area (Å²) in [6.45, 7) is 4.65. The van der Waals surface area contributed by atoms with Crippen LogP contribution in [0.4, 0.5) is 0 Å². The summed E-state index contributed by atoms with van der Waals surface area (Å²) < 4.78 is 1.21. The third kappa shape index (κ3) is 4.84. The molecule has 0 aromatic heterocycles. The lowest BCUT2D eigenvalue weighted by molar-refractivity contribution is 0.125. The highest BCUT2D eigenvalue weighted by Crippen LogP contribution is 2.40. The van der Waals surface area contributed by atoms with Gasteiger partial charge in [0, 0.05) is 36.7 Å². The average molecular weight is 396 g/mol. The summed E-state index contributed by atoms with van der Waals surface area (Å²) in [7, 11) is 0. The van der Waals surface area contributed by atoms with E-state index in [0.717, 1.165) is 19.0 Å². The molecule has 2 aliphatic rings. The Balaban J connectivity index is 0.00000110. The van der Waals surface area contributed by atoms with E-state index < -0.39 is 0 Å². The zero-order chi connectivity index (χ0) is 13.1. The minimum absolute atomic E-state index is 0. The molecular weight excluding hydrogens is 371 g/mol. The van der Waals surface area contributed by atoms with Gasteiger partial charge in [-0.1, -0.05) is 40.9 Å². The van der Waals surface area contributed by atoms with Crippen molar-refractivity contribution in [3.05, 3.63) is 34.3 Å². The Labute approximate surface area is 149 Å². The van der Waals surface area contributed by atoms with Gasteiger partial charge in [-0.15, -0.1) is 24.8 Å². The fraction of sp³-hybridized carbons (Fsp3) is 0.625. The molecule has 5 heteroatoms. The van der Waals surface area contributed by atoms with Crippen molar-refractivity contribution in [1.29, 1.82) is 0 Å². The van der Waals surface area contributed by atoms with Gasteiger partial charge in [-0.3, -0.25) is 4.90 Å². The van der Waals surface area contributed by atoms with Crippen LogP contribution in [0.25, 0.3) is 0 Å². The molecule has 1 saturated heterocycles. The monoisotopic (exact) mass is 394 g/mol. The Bertz CT molecular complexity index is 418. The van der Waals surface area contributed by atoms with Gasteiger partial charge < -0.3 is 5.32 Å². The second-order valence-corrected chi connectivity index (χ2v) is 6.75. The van der Waals surface area contributed by atoms with Crippen molar-refractivity contribution in [2.45, 2.75) is 31.7 Å². The van der Waals surface area contributed by atoms with E-state index in [4.69, 9.17) is 0 Å². The summed E-state index contributed by atoms with van der Waals surface area (Å²) in [5.74, 6) is 0.854. The molecule has 1 N–H and O–H groups in total.